The molecule has 0 aromatic carbocycles. The minimum absolute atomic E-state index is 0.0347. The van der Waals surface area contributed by atoms with Crippen LogP contribution in [0.1, 0.15) is 13.8 Å². The Balaban J connectivity index is 1.87. The molecule has 2 saturated heterocycles. The van der Waals surface area contributed by atoms with Gasteiger partial charge in [-0.05, 0) is 5.92 Å². The first-order chi connectivity index (χ1) is 9.08. The summed E-state index contributed by atoms with van der Waals surface area (Å²) in [6.45, 7) is 7.87. The van der Waals surface area contributed by atoms with E-state index < -0.39 is 0 Å². The lowest BCUT2D eigenvalue weighted by atomic mass is 10.0. The number of carbonyl (C=O) groups is 2. The van der Waals surface area contributed by atoms with Crippen molar-refractivity contribution in [1.29, 1.82) is 0 Å². The highest BCUT2D eigenvalue weighted by Crippen LogP contribution is 2.12. The van der Waals surface area contributed by atoms with Gasteiger partial charge in [0, 0.05) is 37.7 Å². The zero-order valence-electron chi connectivity index (χ0n) is 11.7. The first-order valence-electron chi connectivity index (χ1n) is 6.96. The number of hydrogen-bond acceptors (Lipinski definition) is 4. The summed E-state index contributed by atoms with van der Waals surface area (Å²) in [6, 6.07) is -0.349. The number of rotatable bonds is 4. The van der Waals surface area contributed by atoms with Gasteiger partial charge in [-0.1, -0.05) is 13.8 Å². The van der Waals surface area contributed by atoms with Gasteiger partial charge in [0.2, 0.25) is 11.8 Å². The van der Waals surface area contributed by atoms with Crippen LogP contribution in [-0.4, -0.2) is 71.9 Å². The van der Waals surface area contributed by atoms with Gasteiger partial charge in [0.25, 0.3) is 0 Å². The van der Waals surface area contributed by atoms with E-state index in [1.165, 1.54) is 11.5 Å². The van der Waals surface area contributed by atoms with E-state index in [1.807, 2.05) is 25.6 Å². The molecule has 2 rings (SSSR count). The summed E-state index contributed by atoms with van der Waals surface area (Å²) in [7, 11) is 0. The fourth-order valence-corrected chi connectivity index (χ4v) is 3.44. The van der Waals surface area contributed by atoms with Gasteiger partial charge in [-0.3, -0.25) is 14.5 Å². The van der Waals surface area contributed by atoms with E-state index in [2.05, 4.69) is 10.2 Å². The maximum absolute atomic E-state index is 12.3. The van der Waals surface area contributed by atoms with Gasteiger partial charge in [0.05, 0.1) is 6.54 Å². The Bertz CT molecular complexity index is 343. The maximum atomic E-state index is 12.3. The third kappa shape index (κ3) is 3.86. The van der Waals surface area contributed by atoms with E-state index in [0.29, 0.717) is 6.54 Å². The average molecular weight is 285 g/mol. The normalized spacial score (nSPS) is 25.8. The molecule has 0 bridgehead atoms. The number of nitrogens with zero attached hydrogens (tertiary/aromatic N) is 2. The van der Waals surface area contributed by atoms with E-state index in [1.54, 1.807) is 4.90 Å². The molecule has 2 heterocycles. The zero-order chi connectivity index (χ0) is 13.8. The number of nitrogens with one attached hydrogen (secondary N) is 1. The molecular formula is C13H23N3O2S. The van der Waals surface area contributed by atoms with Crippen molar-refractivity contribution in [2.75, 3.05) is 44.2 Å². The number of thioether (sulfide) groups is 1. The number of carbonyl (C=O) groups excluding carboxylic acids is 2. The first-order valence-corrected chi connectivity index (χ1v) is 8.11. The predicted molar refractivity (Wildman–Crippen MR) is 77.1 cm³/mol. The SMILES string of the molecule is CC(C)C1NC(=O)CN(CCN2CCSCC2)C1=O. The topological polar surface area (TPSA) is 52.7 Å². The molecule has 6 heteroatoms. The monoisotopic (exact) mass is 285 g/mol. The van der Waals surface area contributed by atoms with Gasteiger partial charge in [-0.25, -0.2) is 0 Å². The molecule has 2 amide bonds. The molecule has 2 aliphatic rings. The van der Waals surface area contributed by atoms with Gasteiger partial charge in [0.1, 0.15) is 6.04 Å². The van der Waals surface area contributed by atoms with E-state index >= 15 is 0 Å². The zero-order valence-corrected chi connectivity index (χ0v) is 12.5. The van der Waals surface area contributed by atoms with Crippen LogP contribution in [0.2, 0.25) is 0 Å². The summed E-state index contributed by atoms with van der Waals surface area (Å²) < 4.78 is 0. The molecule has 0 aromatic heterocycles. The minimum atomic E-state index is -0.349. The lowest BCUT2D eigenvalue weighted by Gasteiger charge is -2.36. The Kier molecular flexibility index (Phi) is 5.10. The standard InChI is InChI=1S/C13H23N3O2S/c1-10(2)12-13(18)16(9-11(17)14-12)4-3-15-5-7-19-8-6-15/h10,12H,3-9H2,1-2H3,(H,14,17). The Morgan fingerprint density at radius 2 is 1.95 bits per heavy atom. The minimum Gasteiger partial charge on any atom is -0.343 e. The van der Waals surface area contributed by atoms with Crippen LogP contribution < -0.4 is 5.32 Å². The fourth-order valence-electron chi connectivity index (χ4n) is 2.46. The van der Waals surface area contributed by atoms with Crippen molar-refractivity contribution in [2.24, 2.45) is 5.92 Å². The van der Waals surface area contributed by atoms with Crippen molar-refractivity contribution in [2.45, 2.75) is 19.9 Å². The second-order valence-electron chi connectivity index (χ2n) is 5.50. The summed E-state index contributed by atoms with van der Waals surface area (Å²) in [5, 5.41) is 2.79. The van der Waals surface area contributed by atoms with E-state index in [-0.39, 0.29) is 30.3 Å². The third-order valence-electron chi connectivity index (χ3n) is 3.69. The molecular weight excluding hydrogens is 262 g/mol. The molecule has 2 fully saturated rings. The Morgan fingerprint density at radius 3 is 2.58 bits per heavy atom. The van der Waals surface area contributed by atoms with Gasteiger partial charge in [-0.15, -0.1) is 0 Å². The summed E-state index contributed by atoms with van der Waals surface area (Å²) >= 11 is 1.98. The predicted octanol–water partition coefficient (Wildman–Crippen LogP) is 0.0182. The van der Waals surface area contributed by atoms with Gasteiger partial charge in [-0.2, -0.15) is 11.8 Å². The van der Waals surface area contributed by atoms with Crippen molar-refractivity contribution in [3.05, 3.63) is 0 Å². The summed E-state index contributed by atoms with van der Waals surface area (Å²) in [4.78, 5) is 28.0. The van der Waals surface area contributed by atoms with Crippen molar-refractivity contribution in [3.63, 3.8) is 0 Å². The molecule has 19 heavy (non-hydrogen) atoms. The lowest BCUT2D eigenvalue weighted by molar-refractivity contribution is -0.145. The van der Waals surface area contributed by atoms with E-state index in [0.717, 1.165) is 19.6 Å². The summed E-state index contributed by atoms with van der Waals surface area (Å²) in [5.74, 6) is 2.52. The molecule has 108 valence electrons. The largest absolute Gasteiger partial charge is 0.343 e. The van der Waals surface area contributed by atoms with Gasteiger partial charge < -0.3 is 10.2 Å². The van der Waals surface area contributed by atoms with E-state index in [9.17, 15) is 9.59 Å². The van der Waals surface area contributed by atoms with Crippen molar-refractivity contribution < 1.29 is 9.59 Å². The molecule has 2 aliphatic heterocycles. The number of hydrogen-bond donors (Lipinski definition) is 1. The number of amides is 2. The molecule has 0 spiro atoms. The van der Waals surface area contributed by atoms with Crippen molar-refractivity contribution in [1.82, 2.24) is 15.1 Å². The van der Waals surface area contributed by atoms with Crippen LogP contribution in [0.25, 0.3) is 0 Å². The average Bonchev–Trinajstić information content (AvgIpc) is 2.40. The van der Waals surface area contributed by atoms with Crippen LogP contribution in [-0.2, 0) is 9.59 Å². The Morgan fingerprint density at radius 1 is 1.26 bits per heavy atom. The highest BCUT2D eigenvalue weighted by molar-refractivity contribution is 7.99. The van der Waals surface area contributed by atoms with Crippen LogP contribution in [0.5, 0.6) is 0 Å². The smallest absolute Gasteiger partial charge is 0.245 e. The van der Waals surface area contributed by atoms with Gasteiger partial charge >= 0.3 is 0 Å². The second kappa shape index (κ2) is 6.61. The van der Waals surface area contributed by atoms with Crippen LogP contribution in [0.3, 0.4) is 0 Å². The van der Waals surface area contributed by atoms with Gasteiger partial charge in [0.15, 0.2) is 0 Å². The molecule has 0 aromatic rings. The third-order valence-corrected chi connectivity index (χ3v) is 4.63. The highest BCUT2D eigenvalue weighted by Gasteiger charge is 2.34. The van der Waals surface area contributed by atoms with Crippen LogP contribution in [0, 0.1) is 5.92 Å². The van der Waals surface area contributed by atoms with E-state index in [4.69, 9.17) is 0 Å². The summed E-state index contributed by atoms with van der Waals surface area (Å²) in [5.41, 5.74) is 0. The first kappa shape index (κ1) is 14.7. The van der Waals surface area contributed by atoms with Crippen LogP contribution in [0.4, 0.5) is 0 Å². The van der Waals surface area contributed by atoms with Crippen molar-refractivity contribution in [3.8, 4) is 0 Å². The molecule has 0 aliphatic carbocycles. The summed E-state index contributed by atoms with van der Waals surface area (Å²) in [6.07, 6.45) is 0. The van der Waals surface area contributed by atoms with Crippen molar-refractivity contribution >= 4 is 23.6 Å². The molecule has 1 unspecified atom stereocenters. The second-order valence-corrected chi connectivity index (χ2v) is 6.73. The van der Waals surface area contributed by atoms with Crippen LogP contribution >= 0.6 is 11.8 Å². The Hall–Kier alpha value is -0.750. The molecule has 5 nitrogen and oxygen atoms in total. The fraction of sp³-hybridized carbons (Fsp3) is 0.846. The highest BCUT2D eigenvalue weighted by atomic mass is 32.2. The molecule has 0 saturated carbocycles. The lowest BCUT2D eigenvalue weighted by Crippen LogP contribution is -2.60. The quantitative estimate of drug-likeness (QED) is 0.791. The molecule has 1 N–H and O–H groups in total. The number of piperazine rings is 1. The Labute approximate surface area is 119 Å². The van der Waals surface area contributed by atoms with Crippen LogP contribution in [0.15, 0.2) is 0 Å². The molecule has 0 radical (unpaired) electrons. The molecule has 1 atom stereocenters. The maximum Gasteiger partial charge on any atom is 0.245 e.